The van der Waals surface area contributed by atoms with Crippen molar-refractivity contribution in [3.05, 3.63) is 65.7 Å². The molecule has 0 unspecified atom stereocenters. The molecule has 0 saturated carbocycles. The Labute approximate surface area is 155 Å². The third-order valence-electron chi connectivity index (χ3n) is 4.64. The number of nitrogens with one attached hydrogen (secondary N) is 1. The van der Waals surface area contributed by atoms with E-state index >= 15 is 0 Å². The quantitative estimate of drug-likeness (QED) is 0.681. The first-order valence-corrected chi connectivity index (χ1v) is 9.03. The van der Waals surface area contributed by atoms with Crippen molar-refractivity contribution in [3.63, 3.8) is 0 Å². The molecule has 2 aromatic rings. The molecule has 0 spiro atoms. The van der Waals surface area contributed by atoms with Crippen LogP contribution < -0.4 is 10.2 Å². The molecule has 0 radical (unpaired) electrons. The summed E-state index contributed by atoms with van der Waals surface area (Å²) in [6.45, 7) is 1.75. The third-order valence-corrected chi connectivity index (χ3v) is 4.64. The minimum absolute atomic E-state index is 0.0754. The molecule has 1 N–H and O–H groups in total. The zero-order valence-electron chi connectivity index (χ0n) is 15.5. The molecule has 5 nitrogen and oxygen atoms in total. The van der Waals surface area contributed by atoms with Gasteiger partial charge in [0.2, 0.25) is 5.91 Å². The standard InChI is InChI=1S/C21H26N4O/c1-22-21(24(2)16-17-9-4-3-5-10-17)23-15-20(26)25-14-8-12-18-11-6-7-13-19(18)25/h3-7,9-11,13H,8,12,14-16H2,1-2H3,(H,22,23). The lowest BCUT2D eigenvalue weighted by atomic mass is 10.0. The van der Waals surface area contributed by atoms with E-state index in [9.17, 15) is 4.79 Å². The number of nitrogens with zero attached hydrogens (tertiary/aromatic N) is 3. The number of aryl methyl sites for hydroxylation is 1. The average Bonchev–Trinajstić information content (AvgIpc) is 2.68. The second-order valence-corrected chi connectivity index (χ2v) is 6.52. The maximum Gasteiger partial charge on any atom is 0.246 e. The lowest BCUT2D eigenvalue weighted by Crippen LogP contribution is -2.46. The highest BCUT2D eigenvalue weighted by atomic mass is 16.2. The van der Waals surface area contributed by atoms with E-state index in [1.54, 1.807) is 7.05 Å². The van der Waals surface area contributed by atoms with Gasteiger partial charge in [0, 0.05) is 32.9 Å². The van der Waals surface area contributed by atoms with Crippen molar-refractivity contribution in [2.45, 2.75) is 19.4 Å². The maximum absolute atomic E-state index is 12.8. The summed E-state index contributed by atoms with van der Waals surface area (Å²) in [5.41, 5.74) is 3.49. The van der Waals surface area contributed by atoms with Crippen LogP contribution in [0.1, 0.15) is 17.5 Å². The van der Waals surface area contributed by atoms with Gasteiger partial charge >= 0.3 is 0 Å². The highest BCUT2D eigenvalue weighted by Crippen LogP contribution is 2.26. The molecule has 2 aromatic carbocycles. The number of anilines is 1. The van der Waals surface area contributed by atoms with Crippen molar-refractivity contribution in [1.82, 2.24) is 10.2 Å². The maximum atomic E-state index is 12.8. The average molecular weight is 350 g/mol. The highest BCUT2D eigenvalue weighted by Gasteiger charge is 2.22. The van der Waals surface area contributed by atoms with E-state index in [1.807, 2.05) is 53.2 Å². The SMILES string of the molecule is CN=C(NCC(=O)N1CCCc2ccccc21)N(C)Cc1ccccc1. The molecule has 0 bridgehead atoms. The van der Waals surface area contributed by atoms with Crippen LogP contribution in [-0.4, -0.2) is 44.0 Å². The molecule has 0 fully saturated rings. The van der Waals surface area contributed by atoms with Crippen molar-refractivity contribution in [1.29, 1.82) is 0 Å². The minimum Gasteiger partial charge on any atom is -0.347 e. The van der Waals surface area contributed by atoms with Gasteiger partial charge in [0.15, 0.2) is 5.96 Å². The summed E-state index contributed by atoms with van der Waals surface area (Å²) in [5, 5.41) is 3.20. The van der Waals surface area contributed by atoms with E-state index in [0.29, 0.717) is 5.96 Å². The Morgan fingerprint density at radius 2 is 1.88 bits per heavy atom. The monoisotopic (exact) mass is 350 g/mol. The van der Waals surface area contributed by atoms with Crippen molar-refractivity contribution in [3.8, 4) is 0 Å². The molecule has 0 saturated heterocycles. The van der Waals surface area contributed by atoms with Gasteiger partial charge in [-0.2, -0.15) is 0 Å². The lowest BCUT2D eigenvalue weighted by Gasteiger charge is -2.30. The Morgan fingerprint density at radius 1 is 1.15 bits per heavy atom. The Morgan fingerprint density at radius 3 is 2.65 bits per heavy atom. The minimum atomic E-state index is 0.0754. The highest BCUT2D eigenvalue weighted by molar-refractivity contribution is 5.98. The molecule has 1 aliphatic rings. The first-order valence-electron chi connectivity index (χ1n) is 9.03. The molecular weight excluding hydrogens is 324 g/mol. The summed E-state index contributed by atoms with van der Waals surface area (Å²) in [6, 6.07) is 18.4. The zero-order valence-corrected chi connectivity index (χ0v) is 15.5. The summed E-state index contributed by atoms with van der Waals surface area (Å²) < 4.78 is 0. The van der Waals surface area contributed by atoms with Gasteiger partial charge in [0.25, 0.3) is 0 Å². The number of aliphatic imine (C=N–C) groups is 1. The number of amides is 1. The Bertz CT molecular complexity index is 773. The number of carbonyl (C=O) groups is 1. The number of rotatable bonds is 4. The molecule has 26 heavy (non-hydrogen) atoms. The van der Waals surface area contributed by atoms with Crippen LogP contribution in [0.5, 0.6) is 0 Å². The molecule has 0 aliphatic carbocycles. The van der Waals surface area contributed by atoms with Gasteiger partial charge in [0.1, 0.15) is 0 Å². The largest absolute Gasteiger partial charge is 0.347 e. The van der Waals surface area contributed by atoms with E-state index in [1.165, 1.54) is 11.1 Å². The Kier molecular flexibility index (Phi) is 5.89. The van der Waals surface area contributed by atoms with Crippen LogP contribution in [-0.2, 0) is 17.8 Å². The zero-order chi connectivity index (χ0) is 18.4. The van der Waals surface area contributed by atoms with Crippen LogP contribution in [0.2, 0.25) is 0 Å². The van der Waals surface area contributed by atoms with Gasteiger partial charge in [-0.3, -0.25) is 9.79 Å². The molecule has 136 valence electrons. The fourth-order valence-electron chi connectivity index (χ4n) is 3.36. The first-order chi connectivity index (χ1) is 12.7. The van der Waals surface area contributed by atoms with E-state index in [0.717, 1.165) is 31.6 Å². The smallest absolute Gasteiger partial charge is 0.246 e. The molecular formula is C21H26N4O. The van der Waals surface area contributed by atoms with Gasteiger partial charge in [-0.1, -0.05) is 48.5 Å². The summed E-state index contributed by atoms with van der Waals surface area (Å²) in [5.74, 6) is 0.791. The number of hydrogen-bond acceptors (Lipinski definition) is 2. The van der Waals surface area contributed by atoms with Crippen LogP contribution in [0.15, 0.2) is 59.6 Å². The van der Waals surface area contributed by atoms with E-state index in [4.69, 9.17) is 0 Å². The Balaban J connectivity index is 1.60. The summed E-state index contributed by atoms with van der Waals surface area (Å²) in [4.78, 5) is 21.0. The topological polar surface area (TPSA) is 47.9 Å². The number of guanidine groups is 1. The summed E-state index contributed by atoms with van der Waals surface area (Å²) in [7, 11) is 3.72. The Hall–Kier alpha value is -2.82. The van der Waals surface area contributed by atoms with Crippen molar-refractivity contribution >= 4 is 17.6 Å². The number of para-hydroxylation sites is 1. The van der Waals surface area contributed by atoms with Crippen LogP contribution in [0.4, 0.5) is 5.69 Å². The van der Waals surface area contributed by atoms with Crippen molar-refractivity contribution in [2.24, 2.45) is 4.99 Å². The number of benzene rings is 2. The van der Waals surface area contributed by atoms with Gasteiger partial charge in [-0.25, -0.2) is 0 Å². The number of fused-ring (bicyclic) bond motifs is 1. The van der Waals surface area contributed by atoms with Crippen LogP contribution in [0.3, 0.4) is 0 Å². The predicted molar refractivity (Wildman–Crippen MR) is 106 cm³/mol. The second-order valence-electron chi connectivity index (χ2n) is 6.52. The predicted octanol–water partition coefficient (Wildman–Crippen LogP) is 2.67. The number of carbonyl (C=O) groups excluding carboxylic acids is 1. The van der Waals surface area contributed by atoms with E-state index in [-0.39, 0.29) is 12.5 Å². The molecule has 0 aromatic heterocycles. The van der Waals surface area contributed by atoms with Gasteiger partial charge < -0.3 is 15.1 Å². The molecule has 1 aliphatic heterocycles. The summed E-state index contributed by atoms with van der Waals surface area (Å²) >= 11 is 0. The van der Waals surface area contributed by atoms with Crippen LogP contribution in [0.25, 0.3) is 0 Å². The summed E-state index contributed by atoms with van der Waals surface area (Å²) in [6.07, 6.45) is 2.04. The van der Waals surface area contributed by atoms with Crippen molar-refractivity contribution < 1.29 is 4.79 Å². The fraction of sp³-hybridized carbons (Fsp3) is 0.333. The molecule has 0 atom stereocenters. The fourth-order valence-corrected chi connectivity index (χ4v) is 3.36. The molecule has 5 heteroatoms. The van der Waals surface area contributed by atoms with Crippen molar-refractivity contribution in [2.75, 3.05) is 32.1 Å². The van der Waals surface area contributed by atoms with E-state index < -0.39 is 0 Å². The van der Waals surface area contributed by atoms with E-state index in [2.05, 4.69) is 28.5 Å². The molecule has 3 rings (SSSR count). The van der Waals surface area contributed by atoms with Gasteiger partial charge in [-0.05, 0) is 30.0 Å². The molecule has 1 amide bonds. The first kappa shape index (κ1) is 18.0. The third kappa shape index (κ3) is 4.23. The normalized spacial score (nSPS) is 13.9. The number of hydrogen-bond donors (Lipinski definition) is 1. The molecule has 1 heterocycles. The van der Waals surface area contributed by atoms with Crippen LogP contribution in [0, 0.1) is 0 Å². The van der Waals surface area contributed by atoms with Gasteiger partial charge in [0.05, 0.1) is 6.54 Å². The second kappa shape index (κ2) is 8.52. The van der Waals surface area contributed by atoms with Gasteiger partial charge in [-0.15, -0.1) is 0 Å². The van der Waals surface area contributed by atoms with Crippen LogP contribution >= 0.6 is 0 Å². The lowest BCUT2D eigenvalue weighted by molar-refractivity contribution is -0.117.